The van der Waals surface area contributed by atoms with E-state index in [1.54, 1.807) is 0 Å². The van der Waals surface area contributed by atoms with Gasteiger partial charge in [-0.05, 0) is 43.9 Å². The van der Waals surface area contributed by atoms with E-state index in [4.69, 9.17) is 23.2 Å². The molecule has 1 aromatic carbocycles. The van der Waals surface area contributed by atoms with Crippen molar-refractivity contribution >= 4 is 23.2 Å². The second-order valence-corrected chi connectivity index (χ2v) is 4.93. The highest BCUT2D eigenvalue weighted by molar-refractivity contribution is 6.42. The normalized spacial score (nSPS) is 17.8. The number of hydrogen-bond acceptors (Lipinski definition) is 1. The maximum absolute atomic E-state index is 6.16. The van der Waals surface area contributed by atoms with Crippen LogP contribution in [0.4, 0.5) is 0 Å². The minimum absolute atomic E-state index is 0.543. The molecule has 0 heterocycles. The molecule has 1 aliphatic rings. The van der Waals surface area contributed by atoms with Gasteiger partial charge in [0.2, 0.25) is 0 Å². The second kappa shape index (κ2) is 4.73. The van der Waals surface area contributed by atoms with Crippen LogP contribution in [0.2, 0.25) is 10.0 Å². The molecule has 2 rings (SSSR count). The Morgan fingerprint density at radius 3 is 2.73 bits per heavy atom. The summed E-state index contributed by atoms with van der Waals surface area (Å²) in [6.45, 7) is 0. The highest BCUT2D eigenvalue weighted by atomic mass is 35.5. The monoisotopic (exact) mass is 243 g/mol. The van der Waals surface area contributed by atoms with Crippen molar-refractivity contribution in [2.75, 3.05) is 7.05 Å². The van der Waals surface area contributed by atoms with Crippen molar-refractivity contribution in [2.45, 2.75) is 25.3 Å². The van der Waals surface area contributed by atoms with Gasteiger partial charge >= 0.3 is 0 Å². The summed E-state index contributed by atoms with van der Waals surface area (Å²) in [6, 6.07) is 6.39. The third kappa shape index (κ3) is 2.66. The van der Waals surface area contributed by atoms with Crippen LogP contribution in [0.1, 0.15) is 18.4 Å². The van der Waals surface area contributed by atoms with Crippen LogP contribution in [-0.4, -0.2) is 13.1 Å². The molecule has 1 fully saturated rings. The predicted octanol–water partition coefficient (Wildman–Crippen LogP) is 3.53. The minimum Gasteiger partial charge on any atom is -0.316 e. The number of hydrogen-bond donors (Lipinski definition) is 1. The SMILES string of the molecule is CNC(Cc1cccc(Cl)c1Cl)C1CC1. The fourth-order valence-electron chi connectivity index (χ4n) is 1.95. The summed E-state index contributed by atoms with van der Waals surface area (Å²) >= 11 is 12.1. The van der Waals surface area contributed by atoms with E-state index in [9.17, 15) is 0 Å². The molecular weight excluding hydrogens is 229 g/mol. The van der Waals surface area contributed by atoms with E-state index < -0.39 is 0 Å². The van der Waals surface area contributed by atoms with E-state index in [0.29, 0.717) is 16.1 Å². The quantitative estimate of drug-likeness (QED) is 0.854. The third-order valence-corrected chi connectivity index (χ3v) is 3.89. The molecule has 1 unspecified atom stereocenters. The fourth-order valence-corrected chi connectivity index (χ4v) is 2.34. The van der Waals surface area contributed by atoms with E-state index in [-0.39, 0.29) is 0 Å². The van der Waals surface area contributed by atoms with Crippen molar-refractivity contribution in [3.8, 4) is 0 Å². The maximum Gasteiger partial charge on any atom is 0.0624 e. The Morgan fingerprint density at radius 1 is 1.40 bits per heavy atom. The Morgan fingerprint density at radius 2 is 2.13 bits per heavy atom. The number of benzene rings is 1. The lowest BCUT2D eigenvalue weighted by atomic mass is 10.0. The van der Waals surface area contributed by atoms with Crippen LogP contribution >= 0.6 is 23.2 Å². The largest absolute Gasteiger partial charge is 0.316 e. The van der Waals surface area contributed by atoms with Gasteiger partial charge < -0.3 is 5.32 Å². The van der Waals surface area contributed by atoms with Crippen LogP contribution in [0.5, 0.6) is 0 Å². The molecule has 0 aliphatic heterocycles. The third-order valence-electron chi connectivity index (χ3n) is 3.03. The highest BCUT2D eigenvalue weighted by Crippen LogP contribution is 2.35. The van der Waals surface area contributed by atoms with Crippen LogP contribution in [0, 0.1) is 5.92 Å². The van der Waals surface area contributed by atoms with Gasteiger partial charge in [0.25, 0.3) is 0 Å². The molecule has 0 amide bonds. The van der Waals surface area contributed by atoms with Gasteiger partial charge in [-0.15, -0.1) is 0 Å². The topological polar surface area (TPSA) is 12.0 Å². The van der Waals surface area contributed by atoms with Crippen LogP contribution in [0.3, 0.4) is 0 Å². The maximum atomic E-state index is 6.16. The number of halogens is 2. The predicted molar refractivity (Wildman–Crippen MR) is 65.7 cm³/mol. The summed E-state index contributed by atoms with van der Waals surface area (Å²) in [5.74, 6) is 0.824. The average molecular weight is 244 g/mol. The van der Waals surface area contributed by atoms with Crippen LogP contribution in [0.25, 0.3) is 0 Å². The van der Waals surface area contributed by atoms with Crippen molar-refractivity contribution in [3.63, 3.8) is 0 Å². The van der Waals surface area contributed by atoms with E-state index in [0.717, 1.165) is 17.9 Å². The van der Waals surface area contributed by atoms with Gasteiger partial charge in [0.15, 0.2) is 0 Å². The summed E-state index contributed by atoms with van der Waals surface area (Å²) in [5.41, 5.74) is 1.15. The lowest BCUT2D eigenvalue weighted by Crippen LogP contribution is -2.29. The summed E-state index contributed by atoms with van der Waals surface area (Å²) in [4.78, 5) is 0. The van der Waals surface area contributed by atoms with Gasteiger partial charge in [-0.3, -0.25) is 0 Å². The van der Waals surface area contributed by atoms with E-state index in [1.165, 1.54) is 12.8 Å². The van der Waals surface area contributed by atoms with Crippen LogP contribution < -0.4 is 5.32 Å². The van der Waals surface area contributed by atoms with Gasteiger partial charge in [-0.25, -0.2) is 0 Å². The Bertz CT molecular complexity index is 347. The Kier molecular flexibility index (Phi) is 3.55. The Balaban J connectivity index is 2.11. The Labute approximate surface area is 101 Å². The van der Waals surface area contributed by atoms with Gasteiger partial charge in [-0.2, -0.15) is 0 Å². The lowest BCUT2D eigenvalue weighted by Gasteiger charge is -2.16. The van der Waals surface area contributed by atoms with Crippen LogP contribution in [0.15, 0.2) is 18.2 Å². The first kappa shape index (κ1) is 11.3. The molecule has 1 N–H and O–H groups in total. The van der Waals surface area contributed by atoms with Gasteiger partial charge in [0.05, 0.1) is 10.0 Å². The van der Waals surface area contributed by atoms with Crippen molar-refractivity contribution in [1.82, 2.24) is 5.32 Å². The van der Waals surface area contributed by atoms with E-state index >= 15 is 0 Å². The zero-order valence-corrected chi connectivity index (χ0v) is 10.3. The molecule has 15 heavy (non-hydrogen) atoms. The highest BCUT2D eigenvalue weighted by Gasteiger charge is 2.30. The zero-order valence-electron chi connectivity index (χ0n) is 8.76. The van der Waals surface area contributed by atoms with Crippen molar-refractivity contribution < 1.29 is 0 Å². The standard InChI is InChI=1S/C12H15Cl2N/c1-15-11(8-5-6-8)7-9-3-2-4-10(13)12(9)14/h2-4,8,11,15H,5-7H2,1H3. The fraction of sp³-hybridized carbons (Fsp3) is 0.500. The second-order valence-electron chi connectivity index (χ2n) is 4.15. The molecule has 1 aromatic rings. The minimum atomic E-state index is 0.543. The summed E-state index contributed by atoms with van der Waals surface area (Å²) in [5, 5.41) is 4.72. The van der Waals surface area contributed by atoms with Gasteiger partial charge in [-0.1, -0.05) is 35.3 Å². The smallest absolute Gasteiger partial charge is 0.0624 e. The number of rotatable bonds is 4. The molecule has 3 heteroatoms. The van der Waals surface area contributed by atoms with E-state index in [2.05, 4.69) is 11.4 Å². The molecule has 0 spiro atoms. The first-order valence-electron chi connectivity index (χ1n) is 5.32. The van der Waals surface area contributed by atoms with Gasteiger partial charge in [0, 0.05) is 6.04 Å². The van der Waals surface area contributed by atoms with Crippen molar-refractivity contribution in [3.05, 3.63) is 33.8 Å². The summed E-state index contributed by atoms with van der Waals surface area (Å²) < 4.78 is 0. The lowest BCUT2D eigenvalue weighted by molar-refractivity contribution is 0.500. The zero-order chi connectivity index (χ0) is 10.8. The summed E-state index contributed by atoms with van der Waals surface area (Å²) in [6.07, 6.45) is 3.65. The molecule has 1 atom stereocenters. The Hall–Kier alpha value is -0.240. The number of nitrogens with one attached hydrogen (secondary N) is 1. The molecule has 0 saturated heterocycles. The summed E-state index contributed by atoms with van der Waals surface area (Å²) in [7, 11) is 2.02. The molecular formula is C12H15Cl2N. The molecule has 1 nitrogen and oxygen atoms in total. The molecule has 0 radical (unpaired) electrons. The molecule has 82 valence electrons. The first-order chi connectivity index (χ1) is 7.22. The molecule has 0 aromatic heterocycles. The van der Waals surface area contributed by atoms with Crippen molar-refractivity contribution in [1.29, 1.82) is 0 Å². The number of likely N-dealkylation sites (N-methyl/N-ethyl adjacent to an activating group) is 1. The first-order valence-corrected chi connectivity index (χ1v) is 6.08. The van der Waals surface area contributed by atoms with Gasteiger partial charge in [0.1, 0.15) is 0 Å². The van der Waals surface area contributed by atoms with E-state index in [1.807, 2.05) is 19.2 Å². The molecule has 1 aliphatic carbocycles. The molecule has 0 bridgehead atoms. The average Bonchev–Trinajstić information content (AvgIpc) is 3.04. The molecule has 1 saturated carbocycles. The van der Waals surface area contributed by atoms with Crippen molar-refractivity contribution in [2.24, 2.45) is 5.92 Å². The van der Waals surface area contributed by atoms with Crippen LogP contribution in [-0.2, 0) is 6.42 Å².